The molecule has 3 heteroatoms. The number of nitrogens with zero attached hydrogens (tertiary/aromatic N) is 1. The van der Waals surface area contributed by atoms with Crippen molar-refractivity contribution in [3.8, 4) is 0 Å². The van der Waals surface area contributed by atoms with Crippen molar-refractivity contribution in [1.29, 1.82) is 0 Å². The van der Waals surface area contributed by atoms with Gasteiger partial charge < -0.3 is 9.80 Å². The summed E-state index contributed by atoms with van der Waals surface area (Å²) in [5.41, 5.74) is 1.32. The van der Waals surface area contributed by atoms with E-state index in [1.54, 1.807) is 6.92 Å². The van der Waals surface area contributed by atoms with E-state index in [2.05, 4.69) is 25.4 Å². The summed E-state index contributed by atoms with van der Waals surface area (Å²) in [5, 5.41) is 0. The molecule has 3 nitrogen and oxygen atoms in total. The van der Waals surface area contributed by atoms with Gasteiger partial charge in [0, 0.05) is 19.0 Å². The Labute approximate surface area is 97.4 Å². The van der Waals surface area contributed by atoms with Crippen LogP contribution < -0.4 is 4.90 Å². The number of likely N-dealkylation sites (tertiary alicyclic amines) is 1. The summed E-state index contributed by atoms with van der Waals surface area (Å²) < 4.78 is 0. The van der Waals surface area contributed by atoms with Gasteiger partial charge in [-0.3, -0.25) is 4.79 Å². The third-order valence-electron chi connectivity index (χ3n) is 3.46. The van der Waals surface area contributed by atoms with Gasteiger partial charge in [0.1, 0.15) is 6.54 Å². The van der Waals surface area contributed by atoms with Crippen LogP contribution in [0.2, 0.25) is 0 Å². The topological polar surface area (TPSA) is 24.8 Å². The van der Waals surface area contributed by atoms with Crippen molar-refractivity contribution in [2.24, 2.45) is 0 Å². The molecule has 16 heavy (non-hydrogen) atoms. The fourth-order valence-corrected chi connectivity index (χ4v) is 2.63. The molecule has 2 heterocycles. The molecule has 2 aliphatic rings. The lowest BCUT2D eigenvalue weighted by atomic mass is 9.94. The zero-order valence-electron chi connectivity index (χ0n) is 10.2. The zero-order chi connectivity index (χ0) is 11.5. The average molecular weight is 221 g/mol. The van der Waals surface area contributed by atoms with Gasteiger partial charge in [-0.2, -0.15) is 0 Å². The van der Waals surface area contributed by atoms with Gasteiger partial charge in [0.15, 0.2) is 0 Å². The first kappa shape index (κ1) is 11.4. The molecule has 1 saturated heterocycles. The highest BCUT2D eigenvalue weighted by atomic mass is 16.2. The summed E-state index contributed by atoms with van der Waals surface area (Å²) in [7, 11) is 2.16. The molecule has 0 aliphatic carbocycles. The number of rotatable bonds is 1. The first-order valence-corrected chi connectivity index (χ1v) is 6.16. The number of piperidine rings is 1. The number of amides is 1. The number of quaternary nitrogens is 1. The van der Waals surface area contributed by atoms with E-state index in [4.69, 9.17) is 0 Å². The molecule has 2 unspecified atom stereocenters. The summed E-state index contributed by atoms with van der Waals surface area (Å²) in [5.74, 6) is 0.210. The van der Waals surface area contributed by atoms with Gasteiger partial charge in [-0.1, -0.05) is 6.08 Å². The van der Waals surface area contributed by atoms with Crippen LogP contribution in [0.15, 0.2) is 23.9 Å². The Bertz CT molecular complexity index is 333. The van der Waals surface area contributed by atoms with Gasteiger partial charge in [0.2, 0.25) is 5.91 Å². The maximum atomic E-state index is 11.6. The van der Waals surface area contributed by atoms with E-state index in [-0.39, 0.29) is 5.91 Å². The maximum absolute atomic E-state index is 11.6. The smallest absolute Gasteiger partial charge is 0.219 e. The number of likely N-dealkylation sites (N-methyl/N-ethyl adjacent to an activating group) is 1. The standard InChI is InChI=1S/C13H20N2O/c1-11(16)15-9-4-3-7-13(15)12-6-5-8-14(2)10-12/h5-6,10,13H,3-4,7-9H2,1-2H3/p+1. The molecule has 0 aromatic carbocycles. The maximum Gasteiger partial charge on any atom is 0.219 e. The Kier molecular flexibility index (Phi) is 3.44. The second-order valence-corrected chi connectivity index (χ2v) is 4.82. The van der Waals surface area contributed by atoms with Gasteiger partial charge in [-0.25, -0.2) is 0 Å². The fraction of sp³-hybridized carbons (Fsp3) is 0.615. The molecule has 2 rings (SSSR count). The summed E-state index contributed by atoms with van der Waals surface area (Å²) in [6.45, 7) is 3.66. The van der Waals surface area contributed by atoms with E-state index < -0.39 is 0 Å². The lowest BCUT2D eigenvalue weighted by Crippen LogP contribution is -3.04. The second kappa shape index (κ2) is 4.83. The van der Waals surface area contributed by atoms with Gasteiger partial charge in [-0.15, -0.1) is 0 Å². The number of hydrogen-bond donors (Lipinski definition) is 1. The molecule has 0 spiro atoms. The Hall–Kier alpha value is -1.09. The number of hydrogen-bond acceptors (Lipinski definition) is 1. The van der Waals surface area contributed by atoms with Gasteiger partial charge in [0.25, 0.3) is 0 Å². The molecule has 2 aliphatic heterocycles. The van der Waals surface area contributed by atoms with Crippen molar-refractivity contribution >= 4 is 5.91 Å². The minimum absolute atomic E-state index is 0.210. The Morgan fingerprint density at radius 3 is 3.00 bits per heavy atom. The van der Waals surface area contributed by atoms with Gasteiger partial charge in [-0.05, 0) is 25.3 Å². The van der Waals surface area contributed by atoms with Gasteiger partial charge in [0.05, 0.1) is 19.3 Å². The highest BCUT2D eigenvalue weighted by Crippen LogP contribution is 2.23. The summed E-state index contributed by atoms with van der Waals surface area (Å²) in [6.07, 6.45) is 10.2. The van der Waals surface area contributed by atoms with Crippen LogP contribution in [0.3, 0.4) is 0 Å². The molecule has 0 bridgehead atoms. The van der Waals surface area contributed by atoms with Crippen molar-refractivity contribution in [3.05, 3.63) is 23.9 Å². The molecule has 88 valence electrons. The molecule has 0 saturated carbocycles. The lowest BCUT2D eigenvalue weighted by Gasteiger charge is -2.36. The largest absolute Gasteiger partial charge is 0.336 e. The lowest BCUT2D eigenvalue weighted by molar-refractivity contribution is -0.819. The molecule has 0 aromatic heterocycles. The average Bonchev–Trinajstić information content (AvgIpc) is 2.29. The predicted octanol–water partition coefficient (Wildman–Crippen LogP) is 0.356. The monoisotopic (exact) mass is 221 g/mol. The van der Waals surface area contributed by atoms with Crippen LogP contribution in [0.4, 0.5) is 0 Å². The number of carbonyl (C=O) groups excluding carboxylic acids is 1. The first-order chi connectivity index (χ1) is 7.68. The second-order valence-electron chi connectivity index (χ2n) is 4.82. The van der Waals surface area contributed by atoms with Gasteiger partial charge >= 0.3 is 0 Å². The highest BCUT2D eigenvalue weighted by molar-refractivity contribution is 5.74. The molecule has 0 aromatic rings. The van der Waals surface area contributed by atoms with Crippen LogP contribution in [-0.4, -0.2) is 37.0 Å². The van der Waals surface area contributed by atoms with Crippen molar-refractivity contribution in [3.63, 3.8) is 0 Å². The van der Waals surface area contributed by atoms with E-state index in [1.165, 1.54) is 16.9 Å². The SMILES string of the molecule is CC(=O)N1CCCCC1C1=C[NH+](C)CC=C1. The first-order valence-electron chi connectivity index (χ1n) is 6.16. The Morgan fingerprint density at radius 2 is 2.31 bits per heavy atom. The summed E-state index contributed by atoms with van der Waals surface area (Å²) >= 11 is 0. The van der Waals surface area contributed by atoms with Crippen LogP contribution in [0.1, 0.15) is 26.2 Å². The van der Waals surface area contributed by atoms with E-state index >= 15 is 0 Å². The fourth-order valence-electron chi connectivity index (χ4n) is 2.63. The van der Waals surface area contributed by atoms with Crippen LogP contribution in [-0.2, 0) is 4.79 Å². The molecular weight excluding hydrogens is 200 g/mol. The van der Waals surface area contributed by atoms with Crippen molar-refractivity contribution < 1.29 is 9.69 Å². The van der Waals surface area contributed by atoms with E-state index in [0.29, 0.717) is 6.04 Å². The van der Waals surface area contributed by atoms with Crippen LogP contribution in [0.25, 0.3) is 0 Å². The van der Waals surface area contributed by atoms with Crippen LogP contribution in [0, 0.1) is 0 Å². The zero-order valence-corrected chi connectivity index (χ0v) is 10.2. The minimum atomic E-state index is 0.210. The van der Waals surface area contributed by atoms with Crippen molar-refractivity contribution in [1.82, 2.24) is 4.90 Å². The van der Waals surface area contributed by atoms with Crippen molar-refractivity contribution in [2.45, 2.75) is 32.2 Å². The Morgan fingerprint density at radius 1 is 1.50 bits per heavy atom. The highest BCUT2D eigenvalue weighted by Gasteiger charge is 2.28. The van der Waals surface area contributed by atoms with E-state index in [1.807, 2.05) is 4.90 Å². The van der Waals surface area contributed by atoms with Crippen molar-refractivity contribution in [2.75, 3.05) is 20.1 Å². The minimum Gasteiger partial charge on any atom is -0.336 e. The molecule has 1 N–H and O–H groups in total. The van der Waals surface area contributed by atoms with Crippen LogP contribution >= 0.6 is 0 Å². The number of carbonyl (C=O) groups is 1. The normalized spacial score (nSPS) is 30.1. The quantitative estimate of drug-likeness (QED) is 0.679. The van der Waals surface area contributed by atoms with E-state index in [9.17, 15) is 4.79 Å². The predicted molar refractivity (Wildman–Crippen MR) is 64.0 cm³/mol. The summed E-state index contributed by atoms with van der Waals surface area (Å²) in [6, 6.07) is 0.317. The number of nitrogens with one attached hydrogen (secondary N) is 1. The third-order valence-corrected chi connectivity index (χ3v) is 3.46. The third kappa shape index (κ3) is 2.35. The molecule has 0 radical (unpaired) electrons. The van der Waals surface area contributed by atoms with Crippen LogP contribution in [0.5, 0.6) is 0 Å². The molecule has 2 atom stereocenters. The van der Waals surface area contributed by atoms with E-state index in [0.717, 1.165) is 25.9 Å². The molecular formula is C13H21N2O+. The molecule has 1 fully saturated rings. The molecule has 1 amide bonds. The summed E-state index contributed by atoms with van der Waals surface area (Å²) in [4.78, 5) is 15.0. The Balaban J connectivity index is 2.17.